The molecule has 0 unspecified atom stereocenters. The molecular weight excluding hydrogens is 312 g/mol. The highest BCUT2D eigenvalue weighted by molar-refractivity contribution is 8.01. The van der Waals surface area contributed by atoms with Crippen molar-refractivity contribution in [3.8, 4) is 0 Å². The molecule has 2 aromatic rings. The minimum atomic E-state index is -2.35. The van der Waals surface area contributed by atoms with E-state index in [9.17, 15) is 8.78 Å². The van der Waals surface area contributed by atoms with E-state index >= 15 is 0 Å². The van der Waals surface area contributed by atoms with Gasteiger partial charge in [0.05, 0.1) is 5.75 Å². The molecule has 0 spiro atoms. The van der Waals surface area contributed by atoms with Gasteiger partial charge in [-0.1, -0.05) is 40.8 Å². The second-order valence-electron chi connectivity index (χ2n) is 3.66. The van der Waals surface area contributed by atoms with E-state index in [2.05, 4.69) is 15.5 Å². The molecule has 0 aliphatic heterocycles. The van der Waals surface area contributed by atoms with Crippen molar-refractivity contribution in [2.45, 2.75) is 17.7 Å². The van der Waals surface area contributed by atoms with Crippen molar-refractivity contribution in [1.29, 1.82) is 0 Å². The summed E-state index contributed by atoms with van der Waals surface area (Å²) in [7, 11) is 0. The lowest BCUT2D eigenvalue weighted by atomic mass is 10.2. The van der Waals surface area contributed by atoms with Gasteiger partial charge in [-0.3, -0.25) is 0 Å². The number of alkyl halides is 2. The van der Waals surface area contributed by atoms with E-state index in [1.807, 2.05) is 19.1 Å². The zero-order valence-corrected chi connectivity index (χ0v) is 12.3. The number of rotatable bonds is 5. The van der Waals surface area contributed by atoms with Crippen LogP contribution >= 0.6 is 34.7 Å². The van der Waals surface area contributed by atoms with Gasteiger partial charge in [0.15, 0.2) is 4.34 Å². The molecule has 8 heteroatoms. The number of halogens is 3. The van der Waals surface area contributed by atoms with Crippen molar-refractivity contribution in [1.82, 2.24) is 10.2 Å². The highest BCUT2D eigenvalue weighted by atomic mass is 35.5. The van der Waals surface area contributed by atoms with Crippen LogP contribution in [0, 0.1) is 6.92 Å². The zero-order chi connectivity index (χ0) is 13.8. The van der Waals surface area contributed by atoms with Crippen molar-refractivity contribution in [3.05, 3.63) is 28.8 Å². The predicted octanol–water partition coefficient (Wildman–Crippen LogP) is 4.60. The van der Waals surface area contributed by atoms with Gasteiger partial charge < -0.3 is 5.32 Å². The van der Waals surface area contributed by atoms with E-state index in [4.69, 9.17) is 11.6 Å². The van der Waals surface area contributed by atoms with Gasteiger partial charge in [0.25, 0.3) is 0 Å². The van der Waals surface area contributed by atoms with Gasteiger partial charge in [0.2, 0.25) is 11.6 Å². The number of anilines is 2. The summed E-state index contributed by atoms with van der Waals surface area (Å²) < 4.78 is 24.6. The Morgan fingerprint density at radius 3 is 2.89 bits per heavy atom. The summed E-state index contributed by atoms with van der Waals surface area (Å²) >= 11 is 8.24. The third-order valence-corrected chi connectivity index (χ3v) is 4.55. The minimum Gasteiger partial charge on any atom is -0.330 e. The lowest BCUT2D eigenvalue weighted by Crippen LogP contribution is -1.92. The standard InChI is InChI=1S/C11H10ClF2N3S2/c1-6-2-3-7(4-8(6)12)15-10-16-17-11(19-10)18-5-9(13)14/h2-4,9H,5H2,1H3,(H,15,16). The summed E-state index contributed by atoms with van der Waals surface area (Å²) in [6, 6.07) is 5.54. The summed E-state index contributed by atoms with van der Waals surface area (Å²) in [4.78, 5) is 0. The van der Waals surface area contributed by atoms with E-state index in [-0.39, 0.29) is 5.75 Å². The Labute approximate surface area is 122 Å². The van der Waals surface area contributed by atoms with E-state index in [1.54, 1.807) is 6.07 Å². The van der Waals surface area contributed by atoms with E-state index in [0.29, 0.717) is 14.5 Å². The number of thioether (sulfide) groups is 1. The fraction of sp³-hybridized carbons (Fsp3) is 0.273. The second-order valence-corrected chi connectivity index (χ2v) is 6.32. The summed E-state index contributed by atoms with van der Waals surface area (Å²) in [5.74, 6) is -0.273. The predicted molar refractivity (Wildman–Crippen MR) is 76.1 cm³/mol. The number of aryl methyl sites for hydroxylation is 1. The molecule has 1 aromatic heterocycles. The van der Waals surface area contributed by atoms with Crippen LogP contribution in [0.4, 0.5) is 19.6 Å². The number of nitrogens with one attached hydrogen (secondary N) is 1. The molecule has 0 amide bonds. The van der Waals surface area contributed by atoms with Crippen LogP contribution in [-0.4, -0.2) is 22.4 Å². The second kappa shape index (κ2) is 6.49. The summed E-state index contributed by atoms with van der Waals surface area (Å²) in [5, 5.41) is 12.0. The van der Waals surface area contributed by atoms with Crippen LogP contribution in [-0.2, 0) is 0 Å². The van der Waals surface area contributed by atoms with Gasteiger partial charge in [-0.25, -0.2) is 8.78 Å². The third kappa shape index (κ3) is 4.29. The monoisotopic (exact) mass is 321 g/mol. The van der Waals surface area contributed by atoms with Gasteiger partial charge in [0, 0.05) is 10.7 Å². The molecule has 0 saturated heterocycles. The smallest absolute Gasteiger partial charge is 0.248 e. The lowest BCUT2D eigenvalue weighted by molar-refractivity contribution is 0.177. The summed E-state index contributed by atoms with van der Waals surface area (Å²) in [5.41, 5.74) is 1.77. The normalized spacial score (nSPS) is 11.0. The Morgan fingerprint density at radius 1 is 1.42 bits per heavy atom. The van der Waals surface area contributed by atoms with Crippen molar-refractivity contribution in [2.24, 2.45) is 0 Å². The maximum Gasteiger partial charge on any atom is 0.248 e. The van der Waals surface area contributed by atoms with Gasteiger partial charge in [-0.05, 0) is 24.6 Å². The first-order valence-electron chi connectivity index (χ1n) is 5.32. The van der Waals surface area contributed by atoms with E-state index in [1.165, 1.54) is 11.3 Å². The van der Waals surface area contributed by atoms with Crippen molar-refractivity contribution < 1.29 is 8.78 Å². The maximum atomic E-state index is 12.1. The molecular formula is C11H10ClF2N3S2. The molecule has 102 valence electrons. The quantitative estimate of drug-likeness (QED) is 0.817. The average molecular weight is 322 g/mol. The third-order valence-electron chi connectivity index (χ3n) is 2.16. The Morgan fingerprint density at radius 2 is 2.21 bits per heavy atom. The SMILES string of the molecule is Cc1ccc(Nc2nnc(SCC(F)F)s2)cc1Cl. The van der Waals surface area contributed by atoms with Crippen molar-refractivity contribution in [2.75, 3.05) is 11.1 Å². The molecule has 1 N–H and O–H groups in total. The Hall–Kier alpha value is -0.920. The first-order valence-corrected chi connectivity index (χ1v) is 7.50. The highest BCUT2D eigenvalue weighted by Crippen LogP contribution is 2.29. The van der Waals surface area contributed by atoms with Crippen LogP contribution in [0.2, 0.25) is 5.02 Å². The first-order chi connectivity index (χ1) is 9.04. The largest absolute Gasteiger partial charge is 0.330 e. The molecule has 0 atom stereocenters. The number of benzene rings is 1. The number of hydrogen-bond donors (Lipinski definition) is 1. The van der Waals surface area contributed by atoms with E-state index in [0.717, 1.165) is 23.0 Å². The minimum absolute atomic E-state index is 0.273. The molecule has 19 heavy (non-hydrogen) atoms. The van der Waals surface area contributed by atoms with Crippen molar-refractivity contribution >= 4 is 45.5 Å². The molecule has 0 saturated carbocycles. The van der Waals surface area contributed by atoms with Crippen LogP contribution in [0.5, 0.6) is 0 Å². The number of nitrogens with zero attached hydrogens (tertiary/aromatic N) is 2. The lowest BCUT2D eigenvalue weighted by Gasteiger charge is -2.03. The van der Waals surface area contributed by atoms with Gasteiger partial charge in [0.1, 0.15) is 0 Å². The first kappa shape index (κ1) is 14.5. The molecule has 1 heterocycles. The Bertz CT molecular complexity index is 563. The topological polar surface area (TPSA) is 37.8 Å². The molecule has 2 rings (SSSR count). The van der Waals surface area contributed by atoms with Crippen LogP contribution < -0.4 is 5.32 Å². The summed E-state index contributed by atoms with van der Waals surface area (Å²) in [6.45, 7) is 1.91. The molecule has 3 nitrogen and oxygen atoms in total. The molecule has 1 aromatic carbocycles. The van der Waals surface area contributed by atoms with Gasteiger partial charge in [-0.2, -0.15) is 0 Å². The number of hydrogen-bond acceptors (Lipinski definition) is 5. The van der Waals surface area contributed by atoms with Gasteiger partial charge >= 0.3 is 0 Å². The van der Waals surface area contributed by atoms with Crippen LogP contribution in [0.25, 0.3) is 0 Å². The zero-order valence-electron chi connectivity index (χ0n) is 9.86. The van der Waals surface area contributed by atoms with Gasteiger partial charge in [-0.15, -0.1) is 10.2 Å². The maximum absolute atomic E-state index is 12.1. The fourth-order valence-corrected chi connectivity index (χ4v) is 2.97. The van der Waals surface area contributed by atoms with Crippen molar-refractivity contribution in [3.63, 3.8) is 0 Å². The summed E-state index contributed by atoms with van der Waals surface area (Å²) in [6.07, 6.45) is -2.35. The number of aromatic nitrogens is 2. The molecule has 0 bridgehead atoms. The fourth-order valence-electron chi connectivity index (χ4n) is 1.25. The molecule has 0 fully saturated rings. The highest BCUT2D eigenvalue weighted by Gasteiger charge is 2.09. The van der Waals surface area contributed by atoms with Crippen LogP contribution in [0.1, 0.15) is 5.56 Å². The molecule has 0 aliphatic carbocycles. The Balaban J connectivity index is 2.01. The Kier molecular flexibility index (Phi) is 4.95. The van der Waals surface area contributed by atoms with E-state index < -0.39 is 6.43 Å². The molecule has 0 radical (unpaired) electrons. The molecule has 0 aliphatic rings. The van der Waals surface area contributed by atoms with Crippen LogP contribution in [0.15, 0.2) is 22.5 Å². The average Bonchev–Trinajstić information content (AvgIpc) is 2.79. The van der Waals surface area contributed by atoms with Crippen LogP contribution in [0.3, 0.4) is 0 Å².